The number of benzene rings is 4. The zero-order valence-corrected chi connectivity index (χ0v) is 25.8. The van der Waals surface area contributed by atoms with Crippen LogP contribution in [0.4, 0.5) is 35.5 Å². The molecule has 7 nitrogen and oxygen atoms in total. The summed E-state index contributed by atoms with van der Waals surface area (Å²) in [6.07, 6.45) is -3.99. The van der Waals surface area contributed by atoms with E-state index in [-0.39, 0.29) is 0 Å². The number of amides is 1. The number of alkyl halides is 2. The molecule has 6 rings (SSSR count). The molecule has 2 aliphatic rings. The Labute approximate surface area is 278 Å². The highest BCUT2D eigenvalue weighted by molar-refractivity contribution is 7.79. The van der Waals surface area contributed by atoms with Crippen molar-refractivity contribution in [3.63, 3.8) is 0 Å². The first-order valence-electron chi connectivity index (χ1n) is 14.5. The zero-order valence-electron chi connectivity index (χ0n) is 25.0. The van der Waals surface area contributed by atoms with Crippen LogP contribution in [0.3, 0.4) is 0 Å². The molecule has 0 saturated carbocycles. The summed E-state index contributed by atoms with van der Waals surface area (Å²) >= 11 is 4.81. The third kappa shape index (κ3) is 5.23. The third-order valence-corrected chi connectivity index (χ3v) is 8.39. The summed E-state index contributed by atoms with van der Waals surface area (Å²) < 4.78 is 123. The van der Waals surface area contributed by atoms with Crippen LogP contribution in [0.2, 0.25) is 0 Å². The van der Waals surface area contributed by atoms with Gasteiger partial charge in [0, 0.05) is 12.2 Å². The van der Waals surface area contributed by atoms with Crippen LogP contribution in [0.1, 0.15) is 23.6 Å². The van der Waals surface area contributed by atoms with Crippen molar-refractivity contribution >= 4 is 29.5 Å². The van der Waals surface area contributed by atoms with E-state index in [2.05, 4.69) is 9.47 Å². The van der Waals surface area contributed by atoms with Gasteiger partial charge in [-0.2, -0.15) is 17.6 Å². The van der Waals surface area contributed by atoms with Crippen LogP contribution in [-0.4, -0.2) is 53.5 Å². The van der Waals surface area contributed by atoms with E-state index in [1.54, 1.807) is 78.9 Å². The molecule has 0 radical (unpaired) electrons. The van der Waals surface area contributed by atoms with Crippen molar-refractivity contribution < 1.29 is 59.3 Å². The van der Waals surface area contributed by atoms with Crippen molar-refractivity contribution in [2.24, 2.45) is 0 Å². The molecule has 1 aliphatic carbocycles. The molecular formula is C34H22F7NO6S. The van der Waals surface area contributed by atoms with Crippen LogP contribution in [0.15, 0.2) is 78.9 Å². The van der Waals surface area contributed by atoms with Crippen molar-refractivity contribution in [2.75, 3.05) is 13.2 Å². The molecule has 4 aromatic rings. The molecule has 49 heavy (non-hydrogen) atoms. The van der Waals surface area contributed by atoms with Gasteiger partial charge in [-0.25, -0.2) is 22.8 Å². The molecule has 1 amide bonds. The Hall–Kier alpha value is -5.18. The van der Waals surface area contributed by atoms with Crippen molar-refractivity contribution in [2.45, 2.75) is 30.5 Å². The molecule has 254 valence electrons. The number of nitrogens with zero attached hydrogens (tertiary/aromatic N) is 1. The lowest BCUT2D eigenvalue weighted by molar-refractivity contribution is -0.193. The minimum Gasteiger partial charge on any atom is -0.461 e. The van der Waals surface area contributed by atoms with Gasteiger partial charge in [0.05, 0.1) is 6.61 Å². The maximum absolute atomic E-state index is 16.2. The molecule has 0 spiro atoms. The first-order valence-corrected chi connectivity index (χ1v) is 14.9. The summed E-state index contributed by atoms with van der Waals surface area (Å²) in [5.41, 5.74) is 0.910. The Balaban J connectivity index is 1.53. The Morgan fingerprint density at radius 1 is 0.878 bits per heavy atom. The Bertz CT molecular complexity index is 1900. The van der Waals surface area contributed by atoms with Gasteiger partial charge in [-0.3, -0.25) is 4.90 Å². The normalized spacial score (nSPS) is 16.8. The first-order chi connectivity index (χ1) is 23.4. The molecule has 4 aromatic carbocycles. The molecular weight excluding hydrogens is 683 g/mol. The van der Waals surface area contributed by atoms with E-state index in [4.69, 9.17) is 21.7 Å². The van der Waals surface area contributed by atoms with Gasteiger partial charge in [0.15, 0.2) is 0 Å². The number of hydrogen-bond acceptors (Lipinski definition) is 7. The SMILES string of the molecule is CCOC(=O)C(F)(F)[C@@H](OC(=S)Oc1c(F)c(F)c(F)c(F)c1F)[C@@H]1COC(=O)N1C1(c2ccccc2)c2ccccc2-c2ccccc21. The largest absolute Gasteiger partial charge is 0.461 e. The second kappa shape index (κ2) is 12.7. The van der Waals surface area contributed by atoms with E-state index in [1.165, 1.54) is 6.92 Å². The number of esters is 1. The summed E-state index contributed by atoms with van der Waals surface area (Å²) in [7, 11) is 0. The highest BCUT2D eigenvalue weighted by atomic mass is 32.1. The smallest absolute Gasteiger partial charge is 0.411 e. The summed E-state index contributed by atoms with van der Waals surface area (Å²) in [4.78, 5) is 27.6. The van der Waals surface area contributed by atoms with Crippen LogP contribution in [0, 0.1) is 29.1 Å². The highest BCUT2D eigenvalue weighted by Gasteiger charge is 2.64. The topological polar surface area (TPSA) is 74.3 Å². The number of cyclic esters (lactones) is 1. The molecule has 0 bridgehead atoms. The lowest BCUT2D eigenvalue weighted by Crippen LogP contribution is -2.61. The third-order valence-electron chi connectivity index (χ3n) is 8.22. The van der Waals surface area contributed by atoms with Crippen LogP contribution < -0.4 is 4.74 Å². The van der Waals surface area contributed by atoms with E-state index in [9.17, 15) is 31.5 Å². The van der Waals surface area contributed by atoms with Crippen molar-refractivity contribution in [1.29, 1.82) is 0 Å². The van der Waals surface area contributed by atoms with Gasteiger partial charge in [0.1, 0.15) is 18.2 Å². The lowest BCUT2D eigenvalue weighted by Gasteiger charge is -2.44. The number of ether oxygens (including phenoxy) is 4. The van der Waals surface area contributed by atoms with Crippen molar-refractivity contribution in [1.82, 2.24) is 4.90 Å². The van der Waals surface area contributed by atoms with Crippen molar-refractivity contribution in [3.8, 4) is 16.9 Å². The fraction of sp³-hybridized carbons (Fsp3) is 0.206. The van der Waals surface area contributed by atoms with Gasteiger partial charge >= 0.3 is 23.2 Å². The first kappa shape index (κ1) is 33.7. The van der Waals surface area contributed by atoms with E-state index < -0.39 is 89.0 Å². The summed E-state index contributed by atoms with van der Waals surface area (Å²) in [6.45, 7) is -0.125. The molecule has 1 saturated heterocycles. The minimum absolute atomic E-state index is 0.412. The van der Waals surface area contributed by atoms with E-state index >= 15 is 8.78 Å². The summed E-state index contributed by atoms with van der Waals surface area (Å²) in [6, 6.07) is 20.1. The van der Waals surface area contributed by atoms with Gasteiger partial charge in [-0.15, -0.1) is 0 Å². The molecule has 15 heteroatoms. The maximum Gasteiger partial charge on any atom is 0.411 e. The quantitative estimate of drug-likeness (QED) is 0.0621. The second-order valence-electron chi connectivity index (χ2n) is 10.8. The average Bonchev–Trinajstić information content (AvgIpc) is 3.63. The Morgan fingerprint density at radius 2 is 1.39 bits per heavy atom. The molecule has 1 aliphatic heterocycles. The Kier molecular flexibility index (Phi) is 8.73. The number of thiocarbonyl (C=S) groups is 1. The fourth-order valence-electron chi connectivity index (χ4n) is 6.27. The van der Waals surface area contributed by atoms with Crippen molar-refractivity contribution in [3.05, 3.63) is 125 Å². The number of halogens is 7. The van der Waals surface area contributed by atoms with E-state index in [0.717, 1.165) is 4.90 Å². The zero-order chi connectivity index (χ0) is 35.2. The second-order valence-corrected chi connectivity index (χ2v) is 11.1. The number of carbonyl (C=O) groups excluding carboxylic acids is 2. The monoisotopic (exact) mass is 705 g/mol. The number of hydrogen-bond donors (Lipinski definition) is 0. The molecule has 1 heterocycles. The highest BCUT2D eigenvalue weighted by Crippen LogP contribution is 2.56. The van der Waals surface area contributed by atoms with Gasteiger partial charge in [0.2, 0.25) is 40.9 Å². The molecule has 1 fully saturated rings. The lowest BCUT2D eigenvalue weighted by atomic mass is 9.78. The Morgan fingerprint density at radius 3 is 1.94 bits per heavy atom. The number of fused-ring (bicyclic) bond motifs is 3. The molecule has 0 N–H and O–H groups in total. The predicted molar refractivity (Wildman–Crippen MR) is 161 cm³/mol. The summed E-state index contributed by atoms with van der Waals surface area (Å²) in [5.74, 6) is -21.1. The minimum atomic E-state index is -4.69. The van der Waals surface area contributed by atoms with E-state index in [0.29, 0.717) is 27.8 Å². The maximum atomic E-state index is 16.2. The van der Waals surface area contributed by atoms with Gasteiger partial charge in [-0.1, -0.05) is 78.9 Å². The van der Waals surface area contributed by atoms with Gasteiger partial charge < -0.3 is 18.9 Å². The summed E-state index contributed by atoms with van der Waals surface area (Å²) in [5, 5.41) is -1.57. The average molecular weight is 706 g/mol. The fourth-order valence-corrected chi connectivity index (χ4v) is 6.46. The molecule has 0 unspecified atom stereocenters. The van der Waals surface area contributed by atoms with Crippen LogP contribution in [-0.2, 0) is 24.5 Å². The molecule has 2 atom stereocenters. The van der Waals surface area contributed by atoms with Gasteiger partial charge in [-0.05, 0) is 34.7 Å². The number of carbonyl (C=O) groups is 2. The molecule has 0 aromatic heterocycles. The predicted octanol–water partition coefficient (Wildman–Crippen LogP) is 7.42. The van der Waals surface area contributed by atoms with Crippen LogP contribution >= 0.6 is 12.2 Å². The van der Waals surface area contributed by atoms with Crippen LogP contribution in [0.25, 0.3) is 11.1 Å². The van der Waals surface area contributed by atoms with E-state index in [1.807, 2.05) is 0 Å². The number of rotatable bonds is 8. The standard InChI is InChI=1S/C34H22F7NO6S/c1-2-45-30(43)34(40,41)29(48-32(49)47-28-26(38)24(36)23(35)25(37)27(28)39)22-16-46-31(44)42(22)33(17-10-4-3-5-11-17)20-14-8-6-12-18(20)19-13-7-9-15-21(19)33/h3-15,22,29H,2,16H2,1H3/t22-,29-/m0/s1. The van der Waals surface area contributed by atoms with Crippen LogP contribution in [0.5, 0.6) is 5.75 Å². The van der Waals surface area contributed by atoms with Gasteiger partial charge in [0.25, 0.3) is 0 Å².